The molecule has 0 atom stereocenters. The lowest BCUT2D eigenvalue weighted by molar-refractivity contribution is 1.13. The van der Waals surface area contributed by atoms with Gasteiger partial charge in [0.1, 0.15) is 0 Å². The van der Waals surface area contributed by atoms with Crippen LogP contribution < -0.4 is 4.90 Å². The fourth-order valence-corrected chi connectivity index (χ4v) is 2.65. The maximum absolute atomic E-state index is 2.24. The normalized spacial score (nSPS) is 11.2. The van der Waals surface area contributed by atoms with Gasteiger partial charge in [0.05, 0.1) is 0 Å². The highest BCUT2D eigenvalue weighted by atomic mass is 15.1. The third-order valence-corrected chi connectivity index (χ3v) is 3.93. The van der Waals surface area contributed by atoms with Crippen LogP contribution in [0, 0.1) is 0 Å². The molecule has 1 heteroatoms. The molecule has 0 aliphatic heterocycles. The lowest BCUT2D eigenvalue weighted by Gasteiger charge is -2.12. The van der Waals surface area contributed by atoms with Crippen LogP contribution in [0.25, 0.3) is 16.8 Å². The molecule has 0 saturated heterocycles. The Hall–Kier alpha value is -2.54. The van der Waals surface area contributed by atoms with Crippen molar-refractivity contribution in [2.45, 2.75) is 6.42 Å². The van der Waals surface area contributed by atoms with Gasteiger partial charge in [-0.25, -0.2) is 0 Å². The lowest BCUT2D eigenvalue weighted by Crippen LogP contribution is -2.08. The van der Waals surface area contributed by atoms with E-state index in [1.165, 1.54) is 27.6 Å². The molecule has 3 aromatic rings. The first-order chi connectivity index (χ1) is 10.7. The van der Waals surface area contributed by atoms with Crippen molar-refractivity contribution >= 4 is 22.5 Å². The van der Waals surface area contributed by atoms with E-state index in [-0.39, 0.29) is 0 Å². The van der Waals surface area contributed by atoms with Crippen molar-refractivity contribution in [3.05, 3.63) is 83.9 Å². The first-order valence-electron chi connectivity index (χ1n) is 7.64. The molecule has 0 bridgehead atoms. The summed E-state index contributed by atoms with van der Waals surface area (Å²) < 4.78 is 0. The van der Waals surface area contributed by atoms with Gasteiger partial charge in [-0.3, -0.25) is 0 Å². The molecule has 0 heterocycles. The van der Waals surface area contributed by atoms with E-state index in [1.54, 1.807) is 0 Å². The average Bonchev–Trinajstić information content (AvgIpc) is 2.55. The molecule has 0 aliphatic rings. The summed E-state index contributed by atoms with van der Waals surface area (Å²) in [6.07, 6.45) is 5.42. The molecule has 0 aliphatic carbocycles. The van der Waals surface area contributed by atoms with Gasteiger partial charge in [0, 0.05) is 19.8 Å². The fraction of sp³-hybridized carbons (Fsp3) is 0.143. The lowest BCUT2D eigenvalue weighted by atomic mass is 10.0. The van der Waals surface area contributed by atoms with E-state index in [0.717, 1.165) is 6.42 Å². The van der Waals surface area contributed by atoms with E-state index in [0.29, 0.717) is 0 Å². The van der Waals surface area contributed by atoms with Gasteiger partial charge in [0.25, 0.3) is 0 Å². The molecule has 0 saturated carbocycles. The smallest absolute Gasteiger partial charge is 0.0361 e. The molecule has 0 unspecified atom stereocenters. The first kappa shape index (κ1) is 14.4. The van der Waals surface area contributed by atoms with Crippen LogP contribution in [0.15, 0.2) is 72.8 Å². The summed E-state index contributed by atoms with van der Waals surface area (Å²) in [5.74, 6) is 0. The van der Waals surface area contributed by atoms with Crippen LogP contribution in [0.4, 0.5) is 5.69 Å². The van der Waals surface area contributed by atoms with Gasteiger partial charge in [0.15, 0.2) is 0 Å². The molecule has 3 rings (SSSR count). The van der Waals surface area contributed by atoms with E-state index in [2.05, 4.69) is 97.9 Å². The van der Waals surface area contributed by atoms with E-state index < -0.39 is 0 Å². The Kier molecular flexibility index (Phi) is 4.24. The SMILES string of the molecule is CN(C)c1ccc(C/C=C/c2cccc3ccccc23)cc1. The van der Waals surface area contributed by atoms with E-state index in [1.807, 2.05) is 0 Å². The van der Waals surface area contributed by atoms with Crippen molar-refractivity contribution in [3.8, 4) is 0 Å². The Morgan fingerprint density at radius 3 is 2.32 bits per heavy atom. The highest BCUT2D eigenvalue weighted by molar-refractivity contribution is 5.90. The summed E-state index contributed by atoms with van der Waals surface area (Å²) in [7, 11) is 4.13. The molecule has 3 aromatic carbocycles. The Labute approximate surface area is 132 Å². The van der Waals surface area contributed by atoms with Crippen molar-refractivity contribution in [2.75, 3.05) is 19.0 Å². The van der Waals surface area contributed by atoms with Crippen molar-refractivity contribution in [1.29, 1.82) is 0 Å². The summed E-state index contributed by atoms with van der Waals surface area (Å²) >= 11 is 0. The molecule has 0 aromatic heterocycles. The minimum absolute atomic E-state index is 0.955. The first-order valence-corrected chi connectivity index (χ1v) is 7.64. The monoisotopic (exact) mass is 287 g/mol. The van der Waals surface area contributed by atoms with E-state index in [4.69, 9.17) is 0 Å². The molecule has 110 valence electrons. The minimum atomic E-state index is 0.955. The average molecular weight is 287 g/mol. The second-order valence-corrected chi connectivity index (χ2v) is 5.74. The Balaban J connectivity index is 1.76. The van der Waals surface area contributed by atoms with Crippen LogP contribution in [0.5, 0.6) is 0 Å². The summed E-state index contributed by atoms with van der Waals surface area (Å²) in [6, 6.07) is 23.7. The molecule has 0 amide bonds. The van der Waals surface area contributed by atoms with Crippen molar-refractivity contribution in [1.82, 2.24) is 0 Å². The second-order valence-electron chi connectivity index (χ2n) is 5.74. The van der Waals surface area contributed by atoms with Crippen LogP contribution in [-0.2, 0) is 6.42 Å². The zero-order valence-electron chi connectivity index (χ0n) is 13.2. The molecular weight excluding hydrogens is 266 g/mol. The summed E-state index contributed by atoms with van der Waals surface area (Å²) in [5, 5.41) is 2.60. The third-order valence-electron chi connectivity index (χ3n) is 3.93. The standard InChI is InChI=1S/C21H21N/c1-22(2)20-15-13-17(14-16-20)7-5-9-19-11-6-10-18-8-3-4-12-21(18)19/h3-6,8-16H,7H2,1-2H3/b9-5+. The maximum atomic E-state index is 2.24. The fourth-order valence-electron chi connectivity index (χ4n) is 2.65. The molecule has 0 fully saturated rings. The van der Waals surface area contributed by atoms with Crippen LogP contribution in [-0.4, -0.2) is 14.1 Å². The van der Waals surface area contributed by atoms with Gasteiger partial charge in [-0.05, 0) is 40.5 Å². The highest BCUT2D eigenvalue weighted by Gasteiger charge is 1.97. The maximum Gasteiger partial charge on any atom is 0.0361 e. The third kappa shape index (κ3) is 3.20. The van der Waals surface area contributed by atoms with Crippen LogP contribution in [0.1, 0.15) is 11.1 Å². The van der Waals surface area contributed by atoms with E-state index in [9.17, 15) is 0 Å². The molecule has 0 radical (unpaired) electrons. The van der Waals surface area contributed by atoms with Gasteiger partial charge in [-0.15, -0.1) is 0 Å². The second kappa shape index (κ2) is 6.48. The van der Waals surface area contributed by atoms with E-state index >= 15 is 0 Å². The predicted octanol–water partition coefficient (Wildman–Crippen LogP) is 5.16. The van der Waals surface area contributed by atoms with Crippen LogP contribution in [0.2, 0.25) is 0 Å². The molecule has 1 nitrogen and oxygen atoms in total. The van der Waals surface area contributed by atoms with Crippen molar-refractivity contribution in [3.63, 3.8) is 0 Å². The van der Waals surface area contributed by atoms with Crippen molar-refractivity contribution in [2.24, 2.45) is 0 Å². The number of anilines is 1. The minimum Gasteiger partial charge on any atom is -0.378 e. The largest absolute Gasteiger partial charge is 0.378 e. The van der Waals surface area contributed by atoms with Gasteiger partial charge in [0.2, 0.25) is 0 Å². The molecule has 0 spiro atoms. The van der Waals surface area contributed by atoms with Gasteiger partial charge in [-0.2, -0.15) is 0 Å². The summed E-state index contributed by atoms with van der Waals surface area (Å²) in [5.41, 5.74) is 3.85. The van der Waals surface area contributed by atoms with Crippen molar-refractivity contribution < 1.29 is 0 Å². The zero-order valence-corrected chi connectivity index (χ0v) is 13.2. The summed E-state index contributed by atoms with van der Waals surface area (Å²) in [4.78, 5) is 2.12. The molecular formula is C21H21N. The zero-order chi connectivity index (χ0) is 15.4. The number of allylic oxidation sites excluding steroid dienone is 1. The molecule has 0 N–H and O–H groups in total. The highest BCUT2D eigenvalue weighted by Crippen LogP contribution is 2.20. The topological polar surface area (TPSA) is 3.24 Å². The van der Waals surface area contributed by atoms with Gasteiger partial charge < -0.3 is 4.90 Å². The Morgan fingerprint density at radius 2 is 1.55 bits per heavy atom. The van der Waals surface area contributed by atoms with Crippen LogP contribution in [0.3, 0.4) is 0 Å². The predicted molar refractivity (Wildman–Crippen MR) is 97.5 cm³/mol. The molecule has 22 heavy (non-hydrogen) atoms. The number of hydrogen-bond donors (Lipinski definition) is 0. The van der Waals surface area contributed by atoms with Gasteiger partial charge in [-0.1, -0.05) is 66.7 Å². The number of nitrogens with zero attached hydrogens (tertiary/aromatic N) is 1. The Morgan fingerprint density at radius 1 is 0.818 bits per heavy atom. The van der Waals surface area contributed by atoms with Crippen LogP contribution >= 0.6 is 0 Å². The number of benzene rings is 3. The summed E-state index contributed by atoms with van der Waals surface area (Å²) in [6.45, 7) is 0. The van der Waals surface area contributed by atoms with Gasteiger partial charge >= 0.3 is 0 Å². The Bertz CT molecular complexity index is 777. The number of hydrogen-bond acceptors (Lipinski definition) is 1. The number of rotatable bonds is 4. The number of fused-ring (bicyclic) bond motifs is 1. The quantitative estimate of drug-likeness (QED) is 0.640.